The van der Waals surface area contributed by atoms with Crippen LogP contribution in [0.1, 0.15) is 11.1 Å². The Morgan fingerprint density at radius 2 is 2.29 bits per heavy atom. The van der Waals surface area contributed by atoms with Crippen LogP contribution in [0, 0.1) is 12.8 Å². The summed E-state index contributed by atoms with van der Waals surface area (Å²) < 4.78 is 0. The Balaban J connectivity index is 1.92. The van der Waals surface area contributed by atoms with Crippen LogP contribution in [-0.4, -0.2) is 29.7 Å². The van der Waals surface area contributed by atoms with E-state index in [0.717, 1.165) is 18.7 Å². The third-order valence-corrected chi connectivity index (χ3v) is 3.80. The van der Waals surface area contributed by atoms with Crippen LogP contribution >= 0.6 is 0 Å². The molecule has 2 heterocycles. The molecule has 0 saturated carbocycles. The van der Waals surface area contributed by atoms with Gasteiger partial charge >= 0.3 is 5.97 Å². The lowest BCUT2D eigenvalue weighted by Gasteiger charge is -2.31. The third kappa shape index (κ3) is 1.69. The van der Waals surface area contributed by atoms with Crippen molar-refractivity contribution in [1.29, 1.82) is 0 Å². The molecule has 0 spiro atoms. The molecule has 90 valence electrons. The second-order valence-corrected chi connectivity index (χ2v) is 5.02. The minimum absolute atomic E-state index is 0.0164. The van der Waals surface area contributed by atoms with Crippen molar-refractivity contribution in [2.45, 2.75) is 25.4 Å². The third-order valence-electron chi connectivity index (χ3n) is 3.80. The van der Waals surface area contributed by atoms with E-state index in [4.69, 9.17) is 5.11 Å². The van der Waals surface area contributed by atoms with Crippen LogP contribution in [0.5, 0.6) is 0 Å². The van der Waals surface area contributed by atoms with E-state index >= 15 is 0 Å². The Morgan fingerprint density at radius 3 is 3.06 bits per heavy atom. The Hall–Kier alpha value is -1.55. The average molecular weight is 232 g/mol. The molecule has 3 atom stereocenters. The van der Waals surface area contributed by atoms with Crippen molar-refractivity contribution in [1.82, 2.24) is 5.32 Å². The average Bonchev–Trinajstić information content (AvgIpc) is 2.68. The van der Waals surface area contributed by atoms with Gasteiger partial charge in [0.05, 0.1) is 6.04 Å². The minimum atomic E-state index is -0.763. The predicted molar refractivity (Wildman–Crippen MR) is 65.2 cm³/mol. The van der Waals surface area contributed by atoms with Crippen molar-refractivity contribution in [3.63, 3.8) is 0 Å². The highest BCUT2D eigenvalue weighted by atomic mass is 16.4. The predicted octanol–water partition coefficient (Wildman–Crippen LogP) is 1.00. The first-order valence-electron chi connectivity index (χ1n) is 5.97. The maximum Gasteiger partial charge on any atom is 0.322 e. The number of hydrogen-bond acceptors (Lipinski definition) is 3. The second-order valence-electron chi connectivity index (χ2n) is 5.02. The van der Waals surface area contributed by atoms with Crippen LogP contribution in [0.2, 0.25) is 0 Å². The van der Waals surface area contributed by atoms with E-state index in [1.807, 2.05) is 0 Å². The molecular weight excluding hydrogens is 216 g/mol. The van der Waals surface area contributed by atoms with E-state index in [1.54, 1.807) is 0 Å². The molecule has 2 aliphatic rings. The van der Waals surface area contributed by atoms with Gasteiger partial charge in [-0.3, -0.25) is 4.79 Å². The van der Waals surface area contributed by atoms with E-state index in [9.17, 15) is 4.79 Å². The van der Waals surface area contributed by atoms with Crippen LogP contribution in [0.25, 0.3) is 0 Å². The molecule has 4 heteroatoms. The quantitative estimate of drug-likeness (QED) is 0.676. The largest absolute Gasteiger partial charge is 0.480 e. The summed E-state index contributed by atoms with van der Waals surface area (Å²) in [5.41, 5.74) is 3.65. The van der Waals surface area contributed by atoms with E-state index < -0.39 is 12.0 Å². The zero-order valence-corrected chi connectivity index (χ0v) is 9.73. The van der Waals surface area contributed by atoms with Crippen LogP contribution in [0.3, 0.4) is 0 Å². The van der Waals surface area contributed by atoms with Crippen molar-refractivity contribution >= 4 is 11.7 Å². The van der Waals surface area contributed by atoms with Gasteiger partial charge in [-0.25, -0.2) is 0 Å². The lowest BCUT2D eigenvalue weighted by atomic mass is 9.86. The summed E-state index contributed by atoms with van der Waals surface area (Å²) in [6.07, 6.45) is 0.964. The molecule has 0 aromatic heterocycles. The number of anilines is 1. The Morgan fingerprint density at radius 1 is 1.47 bits per heavy atom. The van der Waals surface area contributed by atoms with Crippen LogP contribution < -0.4 is 10.6 Å². The summed E-state index contributed by atoms with van der Waals surface area (Å²) in [6, 6.07) is 5.85. The highest BCUT2D eigenvalue weighted by Gasteiger charge is 2.42. The molecule has 4 nitrogen and oxygen atoms in total. The van der Waals surface area contributed by atoms with Crippen LogP contribution in [0.15, 0.2) is 18.2 Å². The van der Waals surface area contributed by atoms with Crippen LogP contribution in [-0.2, 0) is 11.2 Å². The van der Waals surface area contributed by atoms with Crippen molar-refractivity contribution in [2.75, 3.05) is 11.9 Å². The maximum atomic E-state index is 11.1. The second kappa shape index (κ2) is 3.74. The lowest BCUT2D eigenvalue weighted by Crippen LogP contribution is -2.45. The first-order chi connectivity index (χ1) is 8.15. The molecule has 0 bridgehead atoms. The van der Waals surface area contributed by atoms with Gasteiger partial charge in [0.25, 0.3) is 0 Å². The number of aryl methyl sites for hydroxylation is 1. The van der Waals surface area contributed by atoms with Gasteiger partial charge in [-0.15, -0.1) is 0 Å². The summed E-state index contributed by atoms with van der Waals surface area (Å²) in [4.78, 5) is 11.1. The minimum Gasteiger partial charge on any atom is -0.480 e. The number of carboxylic acid groups (broad SMARTS) is 1. The maximum absolute atomic E-state index is 11.1. The molecule has 2 aliphatic heterocycles. The Bertz CT molecular complexity index is 472. The fourth-order valence-corrected chi connectivity index (χ4v) is 2.94. The highest BCUT2D eigenvalue weighted by Crippen LogP contribution is 2.33. The molecule has 1 aromatic rings. The van der Waals surface area contributed by atoms with Crippen molar-refractivity contribution < 1.29 is 9.90 Å². The standard InChI is InChI=1S/C13H16N2O2/c1-7-2-3-10-8(4-7)5-9-6-14-12(13(16)17)11(9)15-10/h2-4,9,11-12,14-15H,5-6H2,1H3,(H,16,17). The first kappa shape index (κ1) is 10.6. The monoisotopic (exact) mass is 232 g/mol. The number of aliphatic carboxylic acids is 1. The molecule has 0 radical (unpaired) electrons. The molecule has 3 N–H and O–H groups in total. The summed E-state index contributed by atoms with van der Waals surface area (Å²) in [6.45, 7) is 2.86. The first-order valence-corrected chi connectivity index (χ1v) is 5.97. The van der Waals surface area contributed by atoms with E-state index in [-0.39, 0.29) is 6.04 Å². The number of nitrogens with one attached hydrogen (secondary N) is 2. The van der Waals surface area contributed by atoms with Crippen molar-refractivity contribution in [3.8, 4) is 0 Å². The molecule has 0 aliphatic carbocycles. The summed E-state index contributed by atoms with van der Waals surface area (Å²) >= 11 is 0. The summed E-state index contributed by atoms with van der Waals surface area (Å²) in [5.74, 6) is -0.383. The van der Waals surface area contributed by atoms with E-state index in [0.29, 0.717) is 5.92 Å². The van der Waals surface area contributed by atoms with Gasteiger partial charge < -0.3 is 15.7 Å². The topological polar surface area (TPSA) is 61.4 Å². The van der Waals surface area contributed by atoms with Crippen molar-refractivity contribution in [2.24, 2.45) is 5.92 Å². The van der Waals surface area contributed by atoms with Crippen LogP contribution in [0.4, 0.5) is 5.69 Å². The van der Waals surface area contributed by atoms with Gasteiger partial charge in [-0.1, -0.05) is 17.7 Å². The fraction of sp³-hybridized carbons (Fsp3) is 0.462. The Kier molecular flexibility index (Phi) is 2.33. The number of fused-ring (bicyclic) bond motifs is 2. The lowest BCUT2D eigenvalue weighted by molar-refractivity contribution is -0.139. The van der Waals surface area contributed by atoms with Gasteiger partial charge in [-0.05, 0) is 30.9 Å². The molecule has 17 heavy (non-hydrogen) atoms. The fourth-order valence-electron chi connectivity index (χ4n) is 2.94. The SMILES string of the molecule is Cc1ccc2c(c1)CC1CNC(C(=O)O)C1N2. The van der Waals surface area contributed by atoms with Crippen molar-refractivity contribution in [3.05, 3.63) is 29.3 Å². The van der Waals surface area contributed by atoms with Gasteiger partial charge in [0.2, 0.25) is 0 Å². The molecule has 1 saturated heterocycles. The smallest absolute Gasteiger partial charge is 0.322 e. The van der Waals surface area contributed by atoms with E-state index in [2.05, 4.69) is 35.8 Å². The normalized spacial score (nSPS) is 30.3. The van der Waals surface area contributed by atoms with Gasteiger partial charge in [-0.2, -0.15) is 0 Å². The Labute approximate surface area is 100 Å². The molecule has 3 unspecified atom stereocenters. The molecule has 1 fully saturated rings. The number of hydrogen-bond donors (Lipinski definition) is 3. The highest BCUT2D eigenvalue weighted by molar-refractivity contribution is 5.76. The number of benzene rings is 1. The zero-order chi connectivity index (χ0) is 12.0. The van der Waals surface area contributed by atoms with Gasteiger partial charge in [0.15, 0.2) is 0 Å². The number of rotatable bonds is 1. The molecule has 3 rings (SSSR count). The molecular formula is C13H16N2O2. The summed E-state index contributed by atoms with van der Waals surface area (Å²) in [7, 11) is 0. The number of carboxylic acids is 1. The van der Waals surface area contributed by atoms with E-state index in [1.165, 1.54) is 11.1 Å². The molecule has 0 amide bonds. The van der Waals surface area contributed by atoms with Gasteiger partial charge in [0.1, 0.15) is 6.04 Å². The zero-order valence-electron chi connectivity index (χ0n) is 9.73. The van der Waals surface area contributed by atoms with Gasteiger partial charge in [0, 0.05) is 12.2 Å². The molecule has 1 aromatic carbocycles. The number of carbonyl (C=O) groups is 1. The summed E-state index contributed by atoms with van der Waals surface area (Å²) in [5, 5.41) is 15.6.